The van der Waals surface area contributed by atoms with Crippen molar-refractivity contribution in [3.63, 3.8) is 0 Å². The highest BCUT2D eigenvalue weighted by Gasteiger charge is 2.23. The molecule has 7 heteroatoms. The standard InChI is InChI=1S/C13H19N5O2/c1-5-9(6-2)17-10-11(16-8(4)7(3)15-10)18(12(14)19)13(17)20/h9H,5-6H2,1-4H3,(H2,14,19). The zero-order valence-electron chi connectivity index (χ0n) is 12.2. The Kier molecular flexibility index (Phi) is 3.61. The van der Waals surface area contributed by atoms with Crippen LogP contribution in [0.2, 0.25) is 0 Å². The van der Waals surface area contributed by atoms with Crippen molar-refractivity contribution in [1.82, 2.24) is 19.1 Å². The molecule has 2 N–H and O–H groups in total. The van der Waals surface area contributed by atoms with E-state index < -0.39 is 11.7 Å². The molecule has 0 spiro atoms. The maximum absolute atomic E-state index is 12.5. The Morgan fingerprint density at radius 2 is 1.65 bits per heavy atom. The molecule has 0 fully saturated rings. The first kappa shape index (κ1) is 14.2. The maximum Gasteiger partial charge on any atom is 0.340 e. The van der Waals surface area contributed by atoms with Crippen LogP contribution >= 0.6 is 0 Å². The molecule has 2 aromatic heterocycles. The summed E-state index contributed by atoms with van der Waals surface area (Å²) in [5, 5.41) is 0. The predicted octanol–water partition coefficient (Wildman–Crippen LogP) is 1.50. The highest BCUT2D eigenvalue weighted by atomic mass is 16.2. The van der Waals surface area contributed by atoms with Gasteiger partial charge in [-0.25, -0.2) is 19.6 Å². The summed E-state index contributed by atoms with van der Waals surface area (Å²) < 4.78 is 2.42. The van der Waals surface area contributed by atoms with E-state index in [4.69, 9.17) is 5.73 Å². The number of aryl methyl sites for hydroxylation is 2. The number of hydrogen-bond donors (Lipinski definition) is 1. The van der Waals surface area contributed by atoms with Crippen molar-refractivity contribution < 1.29 is 4.79 Å². The van der Waals surface area contributed by atoms with Crippen LogP contribution in [0.4, 0.5) is 4.79 Å². The van der Waals surface area contributed by atoms with Crippen molar-refractivity contribution in [2.75, 3.05) is 0 Å². The number of nitrogens with two attached hydrogens (primary N) is 1. The first-order valence-corrected chi connectivity index (χ1v) is 6.70. The van der Waals surface area contributed by atoms with Crippen molar-refractivity contribution in [1.29, 1.82) is 0 Å². The molecular weight excluding hydrogens is 258 g/mol. The zero-order valence-corrected chi connectivity index (χ0v) is 12.2. The smallest absolute Gasteiger partial charge is 0.340 e. The number of amides is 1. The third kappa shape index (κ3) is 1.99. The van der Waals surface area contributed by atoms with Crippen LogP contribution in [0.3, 0.4) is 0 Å². The lowest BCUT2D eigenvalue weighted by Gasteiger charge is -2.13. The second-order valence-electron chi connectivity index (χ2n) is 4.84. The van der Waals surface area contributed by atoms with Crippen LogP contribution < -0.4 is 11.4 Å². The molecule has 2 rings (SSSR count). The molecule has 0 bridgehead atoms. The number of fused-ring (bicyclic) bond motifs is 1. The lowest BCUT2D eigenvalue weighted by molar-refractivity contribution is 0.250. The number of carbonyl (C=O) groups is 1. The Morgan fingerprint density at radius 3 is 2.10 bits per heavy atom. The molecule has 0 saturated heterocycles. The number of aromatic nitrogens is 4. The van der Waals surface area contributed by atoms with Crippen LogP contribution in [0.5, 0.6) is 0 Å². The molecule has 2 heterocycles. The van der Waals surface area contributed by atoms with E-state index in [0.29, 0.717) is 11.3 Å². The fourth-order valence-corrected chi connectivity index (χ4v) is 2.36. The summed E-state index contributed by atoms with van der Waals surface area (Å²) >= 11 is 0. The minimum Gasteiger partial charge on any atom is -0.351 e. The van der Waals surface area contributed by atoms with E-state index in [9.17, 15) is 9.59 Å². The lowest BCUT2D eigenvalue weighted by atomic mass is 10.2. The SMILES string of the molecule is CCC(CC)n1c(=O)n(C(N)=O)c2nc(C)c(C)nc21. The first-order valence-electron chi connectivity index (χ1n) is 6.70. The van der Waals surface area contributed by atoms with Crippen molar-refractivity contribution >= 4 is 17.3 Å². The molecule has 0 radical (unpaired) electrons. The first-order chi connectivity index (χ1) is 9.42. The van der Waals surface area contributed by atoms with Crippen molar-refractivity contribution in [3.05, 3.63) is 21.9 Å². The van der Waals surface area contributed by atoms with Crippen molar-refractivity contribution in [2.45, 2.75) is 46.6 Å². The van der Waals surface area contributed by atoms with E-state index in [1.807, 2.05) is 20.8 Å². The van der Waals surface area contributed by atoms with E-state index in [1.165, 1.54) is 4.57 Å². The van der Waals surface area contributed by atoms with Crippen molar-refractivity contribution in [2.24, 2.45) is 5.73 Å². The predicted molar refractivity (Wildman–Crippen MR) is 75.9 cm³/mol. The van der Waals surface area contributed by atoms with E-state index in [0.717, 1.165) is 23.1 Å². The molecule has 7 nitrogen and oxygen atoms in total. The monoisotopic (exact) mass is 277 g/mol. The quantitative estimate of drug-likeness (QED) is 0.919. The number of carbonyl (C=O) groups excluding carboxylic acids is 1. The Labute approximate surface area is 116 Å². The van der Waals surface area contributed by atoms with Gasteiger partial charge >= 0.3 is 11.7 Å². The van der Waals surface area contributed by atoms with Crippen LogP contribution in [-0.2, 0) is 0 Å². The third-order valence-electron chi connectivity index (χ3n) is 3.64. The lowest BCUT2D eigenvalue weighted by Crippen LogP contribution is -2.34. The molecule has 0 saturated carbocycles. The Morgan fingerprint density at radius 1 is 1.15 bits per heavy atom. The molecule has 0 aliphatic heterocycles. The number of imidazole rings is 1. The fourth-order valence-electron chi connectivity index (χ4n) is 2.36. The summed E-state index contributed by atoms with van der Waals surface area (Å²) in [4.78, 5) is 32.7. The average Bonchev–Trinajstić information content (AvgIpc) is 2.65. The van der Waals surface area contributed by atoms with Gasteiger partial charge in [0.05, 0.1) is 11.4 Å². The summed E-state index contributed by atoms with van der Waals surface area (Å²) in [7, 11) is 0. The molecule has 1 amide bonds. The molecular formula is C13H19N5O2. The van der Waals surface area contributed by atoms with Crippen LogP contribution in [0.15, 0.2) is 4.79 Å². The second-order valence-corrected chi connectivity index (χ2v) is 4.84. The van der Waals surface area contributed by atoms with E-state index in [-0.39, 0.29) is 11.7 Å². The highest BCUT2D eigenvalue weighted by molar-refractivity contribution is 5.85. The minimum atomic E-state index is -0.831. The summed E-state index contributed by atoms with van der Waals surface area (Å²) in [6, 6.07) is -0.857. The normalized spacial score (nSPS) is 11.4. The van der Waals surface area contributed by atoms with Crippen molar-refractivity contribution in [3.8, 4) is 0 Å². The van der Waals surface area contributed by atoms with Crippen LogP contribution in [-0.4, -0.2) is 25.1 Å². The van der Waals surface area contributed by atoms with Gasteiger partial charge in [-0.05, 0) is 26.7 Å². The van der Waals surface area contributed by atoms with Gasteiger partial charge in [-0.3, -0.25) is 4.57 Å². The number of hydrogen-bond acceptors (Lipinski definition) is 4. The van der Waals surface area contributed by atoms with Gasteiger partial charge in [0, 0.05) is 6.04 Å². The number of nitrogens with zero attached hydrogens (tertiary/aromatic N) is 4. The Hall–Kier alpha value is -2.18. The topological polar surface area (TPSA) is 95.8 Å². The molecule has 0 unspecified atom stereocenters. The summed E-state index contributed by atoms with van der Waals surface area (Å²) in [6.07, 6.45) is 1.53. The van der Waals surface area contributed by atoms with Gasteiger partial charge in [-0.2, -0.15) is 4.57 Å². The van der Waals surface area contributed by atoms with E-state index in [1.54, 1.807) is 6.92 Å². The number of rotatable bonds is 3. The molecule has 0 aliphatic rings. The van der Waals surface area contributed by atoms with Gasteiger partial charge in [0.2, 0.25) is 0 Å². The van der Waals surface area contributed by atoms with E-state index >= 15 is 0 Å². The maximum atomic E-state index is 12.5. The van der Waals surface area contributed by atoms with Gasteiger partial charge in [0.1, 0.15) is 0 Å². The fraction of sp³-hybridized carbons (Fsp3) is 0.538. The van der Waals surface area contributed by atoms with Gasteiger partial charge in [0.15, 0.2) is 11.3 Å². The molecule has 0 aliphatic carbocycles. The molecule has 2 aromatic rings. The van der Waals surface area contributed by atoms with Gasteiger partial charge in [-0.15, -0.1) is 0 Å². The summed E-state index contributed by atoms with van der Waals surface area (Å²) in [5.74, 6) is 0. The second kappa shape index (κ2) is 5.07. The van der Waals surface area contributed by atoms with E-state index in [2.05, 4.69) is 9.97 Å². The minimum absolute atomic E-state index is 0.0259. The largest absolute Gasteiger partial charge is 0.351 e. The Balaban J connectivity index is 2.94. The van der Waals surface area contributed by atoms with Gasteiger partial charge < -0.3 is 5.73 Å². The summed E-state index contributed by atoms with van der Waals surface area (Å²) in [6.45, 7) is 7.59. The van der Waals surface area contributed by atoms with Crippen LogP contribution in [0, 0.1) is 13.8 Å². The molecule has 0 atom stereocenters. The Bertz CT molecular complexity index is 724. The van der Waals surface area contributed by atoms with Crippen LogP contribution in [0.1, 0.15) is 44.1 Å². The van der Waals surface area contributed by atoms with Gasteiger partial charge in [0.25, 0.3) is 0 Å². The zero-order chi connectivity index (χ0) is 15.0. The molecule has 0 aromatic carbocycles. The summed E-state index contributed by atoms with van der Waals surface area (Å²) in [5.41, 5.74) is 6.91. The average molecular weight is 277 g/mol. The molecule has 20 heavy (non-hydrogen) atoms. The highest BCUT2D eigenvalue weighted by Crippen LogP contribution is 2.20. The van der Waals surface area contributed by atoms with Gasteiger partial charge in [-0.1, -0.05) is 13.8 Å². The number of primary amides is 1. The molecule has 108 valence electrons. The third-order valence-corrected chi connectivity index (χ3v) is 3.64. The van der Waals surface area contributed by atoms with Crippen LogP contribution in [0.25, 0.3) is 11.3 Å².